The van der Waals surface area contributed by atoms with Gasteiger partial charge in [0.15, 0.2) is 5.65 Å². The first kappa shape index (κ1) is 17.9. The Balaban J connectivity index is 1.62. The van der Waals surface area contributed by atoms with Crippen molar-refractivity contribution in [2.75, 3.05) is 44.7 Å². The van der Waals surface area contributed by atoms with Gasteiger partial charge in [-0.2, -0.15) is 9.61 Å². The quantitative estimate of drug-likeness (QED) is 0.727. The van der Waals surface area contributed by atoms with Crippen LogP contribution in [0.3, 0.4) is 0 Å². The molecule has 6 heteroatoms. The molecule has 0 radical (unpaired) electrons. The third-order valence-electron chi connectivity index (χ3n) is 5.01. The molecular formula is C21H27N5O. The Morgan fingerprint density at radius 2 is 1.93 bits per heavy atom. The maximum atomic E-state index is 5.42. The minimum Gasteiger partial charge on any atom is -0.379 e. The molecule has 1 fully saturated rings. The summed E-state index contributed by atoms with van der Waals surface area (Å²) in [7, 11) is 0. The van der Waals surface area contributed by atoms with Crippen molar-refractivity contribution >= 4 is 11.5 Å². The summed E-state index contributed by atoms with van der Waals surface area (Å²) < 4.78 is 7.35. The Morgan fingerprint density at radius 3 is 2.67 bits per heavy atom. The summed E-state index contributed by atoms with van der Waals surface area (Å²) in [6.07, 6.45) is 1.91. The van der Waals surface area contributed by atoms with Crippen molar-refractivity contribution in [2.45, 2.75) is 19.8 Å². The Hall–Kier alpha value is -2.44. The highest BCUT2D eigenvalue weighted by Gasteiger charge is 2.15. The number of aromatic nitrogens is 3. The van der Waals surface area contributed by atoms with Crippen LogP contribution in [0.1, 0.15) is 25.5 Å². The van der Waals surface area contributed by atoms with Crippen LogP contribution in [-0.2, 0) is 4.74 Å². The van der Waals surface area contributed by atoms with Crippen LogP contribution >= 0.6 is 0 Å². The third-order valence-corrected chi connectivity index (χ3v) is 5.01. The summed E-state index contributed by atoms with van der Waals surface area (Å²) in [5.41, 5.74) is 4.19. The van der Waals surface area contributed by atoms with E-state index in [1.807, 2.05) is 28.9 Å². The second kappa shape index (κ2) is 8.06. The molecule has 0 unspecified atom stereocenters. The zero-order valence-corrected chi connectivity index (χ0v) is 16.1. The zero-order valence-electron chi connectivity index (χ0n) is 16.1. The van der Waals surface area contributed by atoms with Gasteiger partial charge in [-0.25, -0.2) is 4.98 Å². The van der Waals surface area contributed by atoms with E-state index in [2.05, 4.69) is 47.4 Å². The van der Waals surface area contributed by atoms with Gasteiger partial charge in [0.1, 0.15) is 5.82 Å². The lowest BCUT2D eigenvalue weighted by atomic mass is 10.1. The van der Waals surface area contributed by atoms with Crippen LogP contribution in [0.25, 0.3) is 16.8 Å². The lowest BCUT2D eigenvalue weighted by Gasteiger charge is -2.26. The third kappa shape index (κ3) is 3.96. The smallest absolute Gasteiger partial charge is 0.165 e. The monoisotopic (exact) mass is 365 g/mol. The molecule has 6 nitrogen and oxygen atoms in total. The van der Waals surface area contributed by atoms with Gasteiger partial charge >= 0.3 is 0 Å². The number of hydrogen-bond acceptors (Lipinski definition) is 5. The molecule has 0 bridgehead atoms. The standard InChI is InChI=1S/C21H27N5O/c1-16(2)19-14-20(22-8-9-25-10-12-27-13-11-25)26-21(24-19)18(15-23-26)17-6-4-3-5-7-17/h3-7,14-16,22H,8-13H2,1-2H3. The number of nitrogens with one attached hydrogen (secondary N) is 1. The van der Waals surface area contributed by atoms with Crippen molar-refractivity contribution < 1.29 is 4.74 Å². The van der Waals surface area contributed by atoms with Gasteiger partial charge in [-0.05, 0) is 11.5 Å². The number of benzene rings is 1. The molecule has 1 N–H and O–H groups in total. The van der Waals surface area contributed by atoms with Crippen LogP contribution in [0.15, 0.2) is 42.6 Å². The highest BCUT2D eigenvalue weighted by atomic mass is 16.5. The van der Waals surface area contributed by atoms with E-state index >= 15 is 0 Å². The second-order valence-electron chi connectivity index (χ2n) is 7.26. The van der Waals surface area contributed by atoms with E-state index in [1.54, 1.807) is 0 Å². The first-order valence-corrected chi connectivity index (χ1v) is 9.70. The Kier molecular flexibility index (Phi) is 5.36. The molecule has 0 aliphatic carbocycles. The van der Waals surface area contributed by atoms with E-state index in [1.165, 1.54) is 0 Å². The van der Waals surface area contributed by atoms with Gasteiger partial charge in [0.25, 0.3) is 0 Å². The van der Waals surface area contributed by atoms with Crippen molar-refractivity contribution in [3.63, 3.8) is 0 Å². The van der Waals surface area contributed by atoms with Crippen molar-refractivity contribution in [1.82, 2.24) is 19.5 Å². The first-order chi connectivity index (χ1) is 13.2. The highest BCUT2D eigenvalue weighted by molar-refractivity contribution is 5.78. The topological polar surface area (TPSA) is 54.7 Å². The Bertz CT molecular complexity index is 884. The number of hydrogen-bond donors (Lipinski definition) is 1. The molecular weight excluding hydrogens is 338 g/mol. The van der Waals surface area contributed by atoms with E-state index in [-0.39, 0.29) is 0 Å². The van der Waals surface area contributed by atoms with Crippen LogP contribution in [0.5, 0.6) is 0 Å². The number of anilines is 1. The minimum absolute atomic E-state index is 0.355. The molecule has 0 saturated carbocycles. The van der Waals surface area contributed by atoms with Gasteiger partial charge in [-0.3, -0.25) is 4.90 Å². The highest BCUT2D eigenvalue weighted by Crippen LogP contribution is 2.27. The van der Waals surface area contributed by atoms with Crippen molar-refractivity contribution in [3.05, 3.63) is 48.3 Å². The van der Waals surface area contributed by atoms with Gasteiger partial charge in [-0.1, -0.05) is 44.2 Å². The maximum absolute atomic E-state index is 5.42. The van der Waals surface area contributed by atoms with E-state index < -0.39 is 0 Å². The summed E-state index contributed by atoms with van der Waals surface area (Å²) in [5.74, 6) is 1.35. The molecule has 1 aliphatic rings. The van der Waals surface area contributed by atoms with Crippen molar-refractivity contribution in [3.8, 4) is 11.1 Å². The number of rotatable bonds is 6. The fourth-order valence-corrected chi connectivity index (χ4v) is 3.39. The molecule has 0 atom stereocenters. The Labute approximate surface area is 160 Å². The fraction of sp³-hybridized carbons (Fsp3) is 0.429. The molecule has 3 aromatic rings. The molecule has 3 heterocycles. The fourth-order valence-electron chi connectivity index (χ4n) is 3.39. The molecule has 1 aliphatic heterocycles. The largest absolute Gasteiger partial charge is 0.379 e. The number of fused-ring (bicyclic) bond motifs is 1. The molecule has 2 aromatic heterocycles. The minimum atomic E-state index is 0.355. The van der Waals surface area contributed by atoms with E-state index in [9.17, 15) is 0 Å². The Morgan fingerprint density at radius 1 is 1.15 bits per heavy atom. The van der Waals surface area contributed by atoms with Crippen LogP contribution in [0.4, 0.5) is 5.82 Å². The van der Waals surface area contributed by atoms with Crippen molar-refractivity contribution in [2.24, 2.45) is 0 Å². The number of ether oxygens (including phenoxy) is 1. The van der Waals surface area contributed by atoms with Gasteiger partial charge in [-0.15, -0.1) is 0 Å². The van der Waals surface area contributed by atoms with Crippen LogP contribution < -0.4 is 5.32 Å². The summed E-state index contributed by atoms with van der Waals surface area (Å²) >= 11 is 0. The molecule has 1 saturated heterocycles. The van der Waals surface area contributed by atoms with Crippen LogP contribution in [0.2, 0.25) is 0 Å². The van der Waals surface area contributed by atoms with Crippen molar-refractivity contribution in [1.29, 1.82) is 0 Å². The molecule has 4 rings (SSSR count). The molecule has 142 valence electrons. The van der Waals surface area contributed by atoms with E-state index in [4.69, 9.17) is 9.72 Å². The predicted octanol–water partition coefficient (Wildman–Crippen LogP) is 3.26. The zero-order chi connectivity index (χ0) is 18.6. The maximum Gasteiger partial charge on any atom is 0.165 e. The van der Waals surface area contributed by atoms with Gasteiger partial charge in [0.05, 0.1) is 19.4 Å². The van der Waals surface area contributed by atoms with E-state index in [0.29, 0.717) is 5.92 Å². The average molecular weight is 365 g/mol. The van der Waals surface area contributed by atoms with Gasteiger partial charge < -0.3 is 10.1 Å². The summed E-state index contributed by atoms with van der Waals surface area (Å²) in [6, 6.07) is 12.5. The lowest BCUT2D eigenvalue weighted by molar-refractivity contribution is 0.0398. The molecule has 1 aromatic carbocycles. The summed E-state index contributed by atoms with van der Waals surface area (Å²) in [5, 5.41) is 8.19. The number of nitrogens with zero attached hydrogens (tertiary/aromatic N) is 4. The van der Waals surface area contributed by atoms with E-state index in [0.717, 1.165) is 67.7 Å². The summed E-state index contributed by atoms with van der Waals surface area (Å²) in [6.45, 7) is 9.89. The molecule has 27 heavy (non-hydrogen) atoms. The molecule has 0 amide bonds. The summed E-state index contributed by atoms with van der Waals surface area (Å²) in [4.78, 5) is 7.33. The molecule has 0 spiro atoms. The predicted molar refractivity (Wildman–Crippen MR) is 108 cm³/mol. The van der Waals surface area contributed by atoms with Crippen LogP contribution in [0, 0.1) is 0 Å². The van der Waals surface area contributed by atoms with Crippen LogP contribution in [-0.4, -0.2) is 58.9 Å². The average Bonchev–Trinajstić information content (AvgIpc) is 3.13. The normalized spacial score (nSPS) is 15.5. The SMILES string of the molecule is CC(C)c1cc(NCCN2CCOCC2)n2ncc(-c3ccccc3)c2n1. The number of morpholine rings is 1. The lowest BCUT2D eigenvalue weighted by Crippen LogP contribution is -2.39. The second-order valence-corrected chi connectivity index (χ2v) is 7.26. The van der Waals surface area contributed by atoms with Gasteiger partial charge in [0.2, 0.25) is 0 Å². The first-order valence-electron chi connectivity index (χ1n) is 9.70. The van der Waals surface area contributed by atoms with Gasteiger partial charge in [0, 0.05) is 43.5 Å².